The van der Waals surface area contributed by atoms with Gasteiger partial charge in [0.1, 0.15) is 6.10 Å². The summed E-state index contributed by atoms with van der Waals surface area (Å²) in [5.74, 6) is -0.543. The second-order valence-corrected chi connectivity index (χ2v) is 3.07. The number of hydrogen-bond acceptors (Lipinski definition) is 4. The summed E-state index contributed by atoms with van der Waals surface area (Å²) in [5, 5.41) is 9.29. The van der Waals surface area contributed by atoms with Gasteiger partial charge < -0.3 is 9.84 Å². The molecule has 4 heteroatoms. The van der Waals surface area contributed by atoms with E-state index in [1.807, 2.05) is 0 Å². The number of carbonyl (C=O) groups is 2. The fraction of sp³-hybridized carbons (Fsp3) is 0.556. The normalized spacial score (nSPS) is 28.3. The molecule has 0 saturated heterocycles. The van der Waals surface area contributed by atoms with Gasteiger partial charge in [0.15, 0.2) is 5.78 Å². The number of rotatable bonds is 1. The van der Waals surface area contributed by atoms with Gasteiger partial charge in [-0.1, -0.05) is 0 Å². The van der Waals surface area contributed by atoms with Gasteiger partial charge in [-0.25, -0.2) is 0 Å². The summed E-state index contributed by atoms with van der Waals surface area (Å²) in [6, 6.07) is 0. The molecule has 0 aromatic rings. The zero-order valence-corrected chi connectivity index (χ0v) is 7.40. The maximum absolute atomic E-state index is 10.9. The monoisotopic (exact) mass is 184 g/mol. The summed E-state index contributed by atoms with van der Waals surface area (Å²) in [5.41, 5.74) is 0. The third kappa shape index (κ3) is 3.38. The first-order valence-corrected chi connectivity index (χ1v) is 4.14. The summed E-state index contributed by atoms with van der Waals surface area (Å²) in [4.78, 5) is 21.5. The zero-order valence-electron chi connectivity index (χ0n) is 7.40. The molecule has 1 aliphatic carbocycles. The first-order valence-electron chi connectivity index (χ1n) is 4.14. The lowest BCUT2D eigenvalue weighted by Crippen LogP contribution is -2.20. The molecule has 4 nitrogen and oxygen atoms in total. The number of allylic oxidation sites excluding steroid dienone is 1. The van der Waals surface area contributed by atoms with Crippen LogP contribution < -0.4 is 0 Å². The summed E-state index contributed by atoms with van der Waals surface area (Å²) >= 11 is 0. The number of esters is 1. The predicted molar refractivity (Wildman–Crippen MR) is 44.9 cm³/mol. The van der Waals surface area contributed by atoms with E-state index in [-0.39, 0.29) is 12.2 Å². The topological polar surface area (TPSA) is 63.6 Å². The minimum Gasteiger partial charge on any atom is -0.458 e. The van der Waals surface area contributed by atoms with Gasteiger partial charge in [-0.15, -0.1) is 0 Å². The fourth-order valence-corrected chi connectivity index (χ4v) is 1.25. The highest BCUT2D eigenvalue weighted by Crippen LogP contribution is 2.12. The van der Waals surface area contributed by atoms with E-state index < -0.39 is 18.2 Å². The molecule has 0 fully saturated rings. The molecule has 2 atom stereocenters. The molecule has 0 amide bonds. The molecule has 0 heterocycles. The van der Waals surface area contributed by atoms with Crippen LogP contribution in [0.3, 0.4) is 0 Å². The van der Waals surface area contributed by atoms with Gasteiger partial charge in [0.2, 0.25) is 0 Å². The van der Waals surface area contributed by atoms with E-state index in [9.17, 15) is 14.7 Å². The Morgan fingerprint density at radius 2 is 2.38 bits per heavy atom. The van der Waals surface area contributed by atoms with E-state index in [0.29, 0.717) is 6.42 Å². The van der Waals surface area contributed by atoms with E-state index in [1.165, 1.54) is 19.1 Å². The van der Waals surface area contributed by atoms with Crippen LogP contribution in [0.1, 0.15) is 19.8 Å². The van der Waals surface area contributed by atoms with Crippen molar-refractivity contribution in [3.05, 3.63) is 12.2 Å². The zero-order chi connectivity index (χ0) is 9.84. The SMILES string of the molecule is CC(=O)OC1C=CC(=O)CC(O)C1. The number of aliphatic hydroxyl groups excluding tert-OH is 1. The molecule has 0 aromatic heterocycles. The Morgan fingerprint density at radius 1 is 1.69 bits per heavy atom. The van der Waals surface area contributed by atoms with Gasteiger partial charge in [-0.3, -0.25) is 9.59 Å². The molecule has 2 unspecified atom stereocenters. The molecule has 0 saturated carbocycles. The van der Waals surface area contributed by atoms with E-state index in [1.54, 1.807) is 0 Å². The van der Waals surface area contributed by atoms with Crippen molar-refractivity contribution < 1.29 is 19.4 Å². The Bertz CT molecular complexity index is 244. The van der Waals surface area contributed by atoms with Crippen molar-refractivity contribution in [1.82, 2.24) is 0 Å². The van der Waals surface area contributed by atoms with Gasteiger partial charge in [0.25, 0.3) is 0 Å². The summed E-state index contributed by atoms with van der Waals surface area (Å²) in [6.45, 7) is 1.30. The first kappa shape index (κ1) is 9.92. The third-order valence-electron chi connectivity index (χ3n) is 1.76. The second kappa shape index (κ2) is 4.18. The lowest BCUT2D eigenvalue weighted by molar-refractivity contribution is -0.145. The van der Waals surface area contributed by atoms with Crippen molar-refractivity contribution in [2.45, 2.75) is 32.0 Å². The number of ether oxygens (including phenoxy) is 1. The van der Waals surface area contributed by atoms with E-state index in [2.05, 4.69) is 0 Å². The molecule has 0 radical (unpaired) electrons. The molecular weight excluding hydrogens is 172 g/mol. The fourth-order valence-electron chi connectivity index (χ4n) is 1.25. The van der Waals surface area contributed by atoms with Crippen molar-refractivity contribution in [1.29, 1.82) is 0 Å². The summed E-state index contributed by atoms with van der Waals surface area (Å²) in [6.07, 6.45) is 2.07. The highest BCUT2D eigenvalue weighted by Gasteiger charge is 2.20. The predicted octanol–water partition coefficient (Wildman–Crippen LogP) is 0.198. The quantitative estimate of drug-likeness (QED) is 0.591. The summed E-state index contributed by atoms with van der Waals surface area (Å²) < 4.78 is 4.85. The largest absolute Gasteiger partial charge is 0.458 e. The van der Waals surface area contributed by atoms with Crippen LogP contribution >= 0.6 is 0 Å². The van der Waals surface area contributed by atoms with Crippen molar-refractivity contribution in [2.75, 3.05) is 0 Å². The minimum absolute atomic E-state index is 0.105. The van der Waals surface area contributed by atoms with Crippen LogP contribution in [0.4, 0.5) is 0 Å². The molecule has 13 heavy (non-hydrogen) atoms. The molecule has 0 bridgehead atoms. The van der Waals surface area contributed by atoms with Crippen LogP contribution in [0.2, 0.25) is 0 Å². The lowest BCUT2D eigenvalue weighted by atomic mass is 10.1. The van der Waals surface area contributed by atoms with Crippen LogP contribution in [0.5, 0.6) is 0 Å². The third-order valence-corrected chi connectivity index (χ3v) is 1.76. The van der Waals surface area contributed by atoms with Crippen LogP contribution in [-0.2, 0) is 14.3 Å². The van der Waals surface area contributed by atoms with Crippen LogP contribution in [0, 0.1) is 0 Å². The first-order chi connectivity index (χ1) is 6.08. The van der Waals surface area contributed by atoms with Crippen molar-refractivity contribution in [3.8, 4) is 0 Å². The van der Waals surface area contributed by atoms with Gasteiger partial charge >= 0.3 is 5.97 Å². The Morgan fingerprint density at radius 3 is 3.00 bits per heavy atom. The van der Waals surface area contributed by atoms with Crippen LogP contribution in [-0.4, -0.2) is 29.1 Å². The molecule has 0 spiro atoms. The molecule has 1 aliphatic rings. The number of aliphatic hydroxyl groups is 1. The lowest BCUT2D eigenvalue weighted by Gasteiger charge is -2.13. The maximum atomic E-state index is 10.9. The van der Waals surface area contributed by atoms with Crippen molar-refractivity contribution >= 4 is 11.8 Å². The Kier molecular flexibility index (Phi) is 3.19. The van der Waals surface area contributed by atoms with Crippen LogP contribution in [0.15, 0.2) is 12.2 Å². The van der Waals surface area contributed by atoms with Gasteiger partial charge in [-0.2, -0.15) is 0 Å². The molecule has 0 aliphatic heterocycles. The smallest absolute Gasteiger partial charge is 0.303 e. The van der Waals surface area contributed by atoms with Crippen molar-refractivity contribution in [3.63, 3.8) is 0 Å². The average Bonchev–Trinajstić information content (AvgIpc) is 2.11. The van der Waals surface area contributed by atoms with Gasteiger partial charge in [0, 0.05) is 19.8 Å². The number of hydrogen-bond donors (Lipinski definition) is 1. The number of carbonyl (C=O) groups excluding carboxylic acids is 2. The summed E-state index contributed by atoms with van der Waals surface area (Å²) in [7, 11) is 0. The van der Waals surface area contributed by atoms with Crippen LogP contribution in [0.25, 0.3) is 0 Å². The Balaban J connectivity index is 2.59. The molecule has 1 N–H and O–H groups in total. The molecule has 72 valence electrons. The van der Waals surface area contributed by atoms with Gasteiger partial charge in [0.05, 0.1) is 6.10 Å². The molecule has 0 aromatic carbocycles. The van der Waals surface area contributed by atoms with E-state index >= 15 is 0 Å². The highest BCUT2D eigenvalue weighted by molar-refractivity contribution is 5.90. The van der Waals surface area contributed by atoms with Gasteiger partial charge in [-0.05, 0) is 12.2 Å². The van der Waals surface area contributed by atoms with E-state index in [0.717, 1.165) is 0 Å². The Labute approximate surface area is 76.2 Å². The molecule has 1 rings (SSSR count). The molecular formula is C9H12O4. The highest BCUT2D eigenvalue weighted by atomic mass is 16.5. The number of ketones is 1. The standard InChI is InChI=1S/C9H12O4/c1-6(10)13-9-3-2-7(11)4-8(12)5-9/h2-3,8-9,12H,4-5H2,1H3. The average molecular weight is 184 g/mol. The van der Waals surface area contributed by atoms with E-state index in [4.69, 9.17) is 4.74 Å². The minimum atomic E-state index is -0.716. The Hall–Kier alpha value is -1.16. The maximum Gasteiger partial charge on any atom is 0.303 e. The van der Waals surface area contributed by atoms with Crippen molar-refractivity contribution in [2.24, 2.45) is 0 Å². The second-order valence-electron chi connectivity index (χ2n) is 3.07.